The Morgan fingerprint density at radius 1 is 1.33 bits per heavy atom. The number of aromatic nitrogens is 2. The number of rotatable bonds is 5. The van der Waals surface area contributed by atoms with Crippen molar-refractivity contribution in [3.63, 3.8) is 0 Å². The first kappa shape index (κ1) is 15.9. The molecule has 0 saturated heterocycles. The number of halogens is 1. The minimum atomic E-state index is -0.707. The summed E-state index contributed by atoms with van der Waals surface area (Å²) in [6.45, 7) is 1.92. The average molecular weight is 355 g/mol. The first-order valence-corrected chi connectivity index (χ1v) is 7.35. The van der Waals surface area contributed by atoms with Gasteiger partial charge < -0.3 is 14.6 Å². The molecule has 2 rings (SSSR count). The first-order valence-electron chi connectivity index (χ1n) is 6.55. The SMILES string of the molecule is COc1ccc(OC)c(C(O)Cc2c(Br)c(C)nn2C)c1. The van der Waals surface area contributed by atoms with Gasteiger partial charge in [-0.25, -0.2) is 0 Å². The van der Waals surface area contributed by atoms with Crippen molar-refractivity contribution >= 4 is 15.9 Å². The summed E-state index contributed by atoms with van der Waals surface area (Å²) < 4.78 is 13.2. The van der Waals surface area contributed by atoms with Crippen molar-refractivity contribution in [1.82, 2.24) is 9.78 Å². The lowest BCUT2D eigenvalue weighted by Gasteiger charge is -2.16. The molecule has 1 atom stereocenters. The van der Waals surface area contributed by atoms with E-state index in [1.165, 1.54) is 0 Å². The molecular weight excluding hydrogens is 336 g/mol. The fourth-order valence-corrected chi connectivity index (χ4v) is 2.79. The maximum atomic E-state index is 10.6. The Kier molecular flexibility index (Phi) is 4.90. The fraction of sp³-hybridized carbons (Fsp3) is 0.400. The van der Waals surface area contributed by atoms with Crippen LogP contribution in [0.3, 0.4) is 0 Å². The minimum Gasteiger partial charge on any atom is -0.497 e. The molecule has 1 unspecified atom stereocenters. The monoisotopic (exact) mass is 354 g/mol. The Labute approximate surface area is 132 Å². The van der Waals surface area contributed by atoms with Gasteiger partial charge in [0, 0.05) is 19.0 Å². The largest absolute Gasteiger partial charge is 0.497 e. The van der Waals surface area contributed by atoms with Crippen LogP contribution in [0, 0.1) is 6.92 Å². The van der Waals surface area contributed by atoms with Crippen molar-refractivity contribution in [2.24, 2.45) is 7.05 Å². The smallest absolute Gasteiger partial charge is 0.124 e. The highest BCUT2D eigenvalue weighted by atomic mass is 79.9. The van der Waals surface area contributed by atoms with Crippen LogP contribution in [0.15, 0.2) is 22.7 Å². The molecule has 1 aromatic heterocycles. The molecule has 2 aromatic rings. The van der Waals surface area contributed by atoms with Gasteiger partial charge in [-0.2, -0.15) is 5.10 Å². The van der Waals surface area contributed by atoms with E-state index in [9.17, 15) is 5.11 Å². The van der Waals surface area contributed by atoms with Crippen molar-refractivity contribution < 1.29 is 14.6 Å². The zero-order valence-corrected chi connectivity index (χ0v) is 14.1. The Morgan fingerprint density at radius 3 is 2.57 bits per heavy atom. The predicted octanol–water partition coefficient (Wildman–Crippen LogP) is 2.78. The van der Waals surface area contributed by atoms with Crippen LogP contribution >= 0.6 is 15.9 Å². The van der Waals surface area contributed by atoms with Crippen molar-refractivity contribution in [2.45, 2.75) is 19.4 Å². The topological polar surface area (TPSA) is 56.5 Å². The van der Waals surface area contributed by atoms with Gasteiger partial charge >= 0.3 is 0 Å². The lowest BCUT2D eigenvalue weighted by molar-refractivity contribution is 0.171. The first-order chi connectivity index (χ1) is 9.97. The highest BCUT2D eigenvalue weighted by Gasteiger charge is 2.19. The third kappa shape index (κ3) is 3.22. The van der Waals surface area contributed by atoms with E-state index in [0.717, 1.165) is 15.9 Å². The standard InChI is InChI=1S/C15H19BrN2O3/c1-9-15(16)12(18(2)17-9)8-13(19)11-7-10(20-3)5-6-14(11)21-4/h5-7,13,19H,8H2,1-4H3. The Morgan fingerprint density at radius 2 is 2.05 bits per heavy atom. The number of aryl methyl sites for hydroxylation is 2. The summed E-state index contributed by atoms with van der Waals surface area (Å²) in [4.78, 5) is 0. The molecule has 114 valence electrons. The van der Waals surface area contributed by atoms with E-state index in [0.29, 0.717) is 23.5 Å². The summed E-state index contributed by atoms with van der Waals surface area (Å²) in [6, 6.07) is 5.39. The highest BCUT2D eigenvalue weighted by molar-refractivity contribution is 9.10. The van der Waals surface area contributed by atoms with Crippen molar-refractivity contribution in [3.05, 3.63) is 39.6 Å². The summed E-state index contributed by atoms with van der Waals surface area (Å²) in [7, 11) is 5.05. The Balaban J connectivity index is 2.33. The maximum Gasteiger partial charge on any atom is 0.124 e. The van der Waals surface area contributed by atoms with Crippen molar-refractivity contribution in [1.29, 1.82) is 0 Å². The van der Waals surface area contributed by atoms with Gasteiger partial charge in [-0.05, 0) is 41.1 Å². The molecule has 0 bridgehead atoms. The summed E-state index contributed by atoms with van der Waals surface area (Å²) in [5, 5.41) is 14.9. The van der Waals surface area contributed by atoms with E-state index in [-0.39, 0.29) is 0 Å². The second kappa shape index (κ2) is 6.49. The number of methoxy groups -OCH3 is 2. The molecule has 6 heteroatoms. The molecule has 21 heavy (non-hydrogen) atoms. The number of benzene rings is 1. The normalized spacial score (nSPS) is 12.3. The van der Waals surface area contributed by atoms with E-state index in [1.54, 1.807) is 37.1 Å². The van der Waals surface area contributed by atoms with Crippen LogP contribution in [0.4, 0.5) is 0 Å². The number of aliphatic hydroxyl groups excluding tert-OH is 1. The van der Waals surface area contributed by atoms with Crippen LogP contribution in [0.2, 0.25) is 0 Å². The molecule has 5 nitrogen and oxygen atoms in total. The zero-order valence-electron chi connectivity index (χ0n) is 12.6. The van der Waals surface area contributed by atoms with E-state index < -0.39 is 6.10 Å². The van der Waals surface area contributed by atoms with Gasteiger partial charge in [0.15, 0.2) is 0 Å². The van der Waals surface area contributed by atoms with Gasteiger partial charge in [0.1, 0.15) is 11.5 Å². The lowest BCUT2D eigenvalue weighted by Crippen LogP contribution is -2.08. The predicted molar refractivity (Wildman–Crippen MR) is 83.9 cm³/mol. The van der Waals surface area contributed by atoms with Gasteiger partial charge in [-0.15, -0.1) is 0 Å². The molecular formula is C15H19BrN2O3. The van der Waals surface area contributed by atoms with E-state index >= 15 is 0 Å². The van der Waals surface area contributed by atoms with Crippen LogP contribution < -0.4 is 9.47 Å². The molecule has 1 heterocycles. The number of aliphatic hydroxyl groups is 1. The molecule has 1 N–H and O–H groups in total. The van der Waals surface area contributed by atoms with Crippen molar-refractivity contribution in [3.8, 4) is 11.5 Å². The molecule has 0 aliphatic carbocycles. The molecule has 0 spiro atoms. The molecule has 1 aromatic carbocycles. The summed E-state index contributed by atoms with van der Waals surface area (Å²) in [5.74, 6) is 1.32. The molecule has 0 aliphatic heterocycles. The third-order valence-electron chi connectivity index (χ3n) is 3.44. The number of hydrogen-bond donors (Lipinski definition) is 1. The number of ether oxygens (including phenoxy) is 2. The minimum absolute atomic E-state index is 0.432. The summed E-state index contributed by atoms with van der Waals surface area (Å²) in [5.41, 5.74) is 2.53. The van der Waals surface area contributed by atoms with E-state index in [2.05, 4.69) is 21.0 Å². The van der Waals surface area contributed by atoms with Crippen LogP contribution in [-0.4, -0.2) is 29.1 Å². The van der Waals surface area contributed by atoms with Gasteiger partial charge in [-0.1, -0.05) is 0 Å². The van der Waals surface area contributed by atoms with Crippen LogP contribution in [0.1, 0.15) is 23.1 Å². The number of nitrogens with zero attached hydrogens (tertiary/aromatic N) is 2. The lowest BCUT2D eigenvalue weighted by atomic mass is 10.0. The molecule has 0 fully saturated rings. The van der Waals surface area contributed by atoms with Crippen LogP contribution in [0.5, 0.6) is 11.5 Å². The Hall–Kier alpha value is -1.53. The van der Waals surface area contributed by atoms with Gasteiger partial charge in [0.05, 0.1) is 36.2 Å². The average Bonchev–Trinajstić information content (AvgIpc) is 2.72. The van der Waals surface area contributed by atoms with Crippen LogP contribution in [-0.2, 0) is 13.5 Å². The van der Waals surface area contributed by atoms with Gasteiger partial charge in [-0.3, -0.25) is 4.68 Å². The van der Waals surface area contributed by atoms with Gasteiger partial charge in [0.25, 0.3) is 0 Å². The molecule has 0 saturated carbocycles. The van der Waals surface area contributed by atoms with Gasteiger partial charge in [0.2, 0.25) is 0 Å². The molecule has 0 amide bonds. The third-order valence-corrected chi connectivity index (χ3v) is 4.48. The van der Waals surface area contributed by atoms with E-state index in [4.69, 9.17) is 9.47 Å². The Bertz CT molecular complexity index is 640. The highest BCUT2D eigenvalue weighted by Crippen LogP contribution is 2.33. The quantitative estimate of drug-likeness (QED) is 0.896. The second-order valence-electron chi connectivity index (χ2n) is 4.80. The molecule has 0 radical (unpaired) electrons. The summed E-state index contributed by atoms with van der Waals surface area (Å²) in [6.07, 6.45) is -0.275. The number of hydrogen-bond acceptors (Lipinski definition) is 4. The second-order valence-corrected chi connectivity index (χ2v) is 5.59. The molecule has 0 aliphatic rings. The van der Waals surface area contributed by atoms with Crippen LogP contribution in [0.25, 0.3) is 0 Å². The maximum absolute atomic E-state index is 10.6. The zero-order chi connectivity index (χ0) is 15.6. The summed E-state index contributed by atoms with van der Waals surface area (Å²) >= 11 is 3.52. The van der Waals surface area contributed by atoms with Crippen molar-refractivity contribution in [2.75, 3.05) is 14.2 Å². The fourth-order valence-electron chi connectivity index (χ4n) is 2.29. The van der Waals surface area contributed by atoms with E-state index in [1.807, 2.05) is 14.0 Å².